The molecule has 8 heteroatoms. The lowest BCUT2D eigenvalue weighted by Crippen LogP contribution is -2.10. The van der Waals surface area contributed by atoms with Crippen molar-refractivity contribution in [2.24, 2.45) is 0 Å². The first-order valence-corrected chi connectivity index (χ1v) is 14.6. The van der Waals surface area contributed by atoms with Crippen LogP contribution in [0, 0.1) is 0 Å². The Morgan fingerprint density at radius 3 is 2.17 bits per heavy atom. The fraction of sp³-hybridized carbons (Fsp3) is 0.593. The normalized spacial score (nSPS) is 11.3. The van der Waals surface area contributed by atoms with Gasteiger partial charge in [-0.3, -0.25) is 4.79 Å². The summed E-state index contributed by atoms with van der Waals surface area (Å²) in [6.45, 7) is 2.81. The molecule has 0 fully saturated rings. The number of hydrogen-bond donors (Lipinski definition) is 2. The molecule has 1 amide bonds. The number of anilines is 2. The molecule has 0 aliphatic rings. The van der Waals surface area contributed by atoms with Crippen molar-refractivity contribution < 1.29 is 4.79 Å². The molecule has 0 atom stereocenters. The van der Waals surface area contributed by atoms with E-state index in [0.29, 0.717) is 33.3 Å². The molecule has 0 spiro atoms. The summed E-state index contributed by atoms with van der Waals surface area (Å²) in [6, 6.07) is 5.48. The zero-order valence-electron chi connectivity index (χ0n) is 21.0. The van der Waals surface area contributed by atoms with Gasteiger partial charge in [-0.25, -0.2) is 0 Å². The van der Waals surface area contributed by atoms with E-state index >= 15 is 0 Å². The number of rotatable bonds is 19. The highest BCUT2D eigenvalue weighted by molar-refractivity contribution is 7.19. The molecule has 0 aliphatic carbocycles. The number of carbonyl (C=O) groups excluding carboxylic acids is 1. The van der Waals surface area contributed by atoms with Crippen molar-refractivity contribution >= 4 is 50.7 Å². The average Bonchev–Trinajstić information content (AvgIpc) is 3.29. The Bertz CT molecular complexity index is 888. The van der Waals surface area contributed by atoms with Crippen molar-refractivity contribution in [3.05, 3.63) is 46.0 Å². The van der Waals surface area contributed by atoms with E-state index in [1.165, 1.54) is 82.0 Å². The Kier molecular flexibility index (Phi) is 15.7. The zero-order chi connectivity index (χ0) is 25.1. The Morgan fingerprint density at radius 2 is 1.49 bits per heavy atom. The highest BCUT2D eigenvalue weighted by Gasteiger charge is 2.08. The fourth-order valence-corrected chi connectivity index (χ4v) is 4.69. The molecule has 0 saturated heterocycles. The molecule has 0 unspecified atom stereocenters. The van der Waals surface area contributed by atoms with Crippen molar-refractivity contribution in [2.75, 3.05) is 10.6 Å². The van der Waals surface area contributed by atoms with Crippen LogP contribution < -0.4 is 10.6 Å². The molecule has 2 N–H and O–H groups in total. The molecule has 35 heavy (non-hydrogen) atoms. The fourth-order valence-electron chi connectivity index (χ4n) is 3.71. The first-order chi connectivity index (χ1) is 17.1. The van der Waals surface area contributed by atoms with Crippen LogP contribution in [0.15, 0.2) is 30.4 Å². The Morgan fingerprint density at radius 1 is 0.857 bits per heavy atom. The lowest BCUT2D eigenvalue weighted by molar-refractivity contribution is -0.116. The summed E-state index contributed by atoms with van der Waals surface area (Å²) in [5.74, 6) is -0.00481. The molecule has 5 nitrogen and oxygen atoms in total. The van der Waals surface area contributed by atoms with Crippen LogP contribution in [0.2, 0.25) is 10.0 Å². The molecule has 2 rings (SSSR count). The van der Waals surface area contributed by atoms with Crippen molar-refractivity contribution in [3.8, 4) is 0 Å². The van der Waals surface area contributed by atoms with E-state index in [4.69, 9.17) is 23.2 Å². The maximum atomic E-state index is 12.2. The summed E-state index contributed by atoms with van der Waals surface area (Å²) in [7, 11) is 0. The Hall–Kier alpha value is -1.63. The standard InChI is InChI=1S/C27H40Cl2N4OS/c1-2-3-4-5-6-7-8-9-10-11-12-13-14-15-16-17-25(34)31-27-33-32-26(35-27)30-21-22-18-19-23(28)24(29)20-22/h9-10,18-20H,2-8,11-17,21H2,1H3,(H,30,32)(H,31,33,34)/b10-9+. The lowest BCUT2D eigenvalue weighted by Gasteiger charge is -2.04. The van der Waals surface area contributed by atoms with E-state index in [1.54, 1.807) is 6.07 Å². The van der Waals surface area contributed by atoms with Crippen LogP contribution in [-0.2, 0) is 11.3 Å². The minimum atomic E-state index is -0.00481. The number of nitrogens with zero attached hydrogens (tertiary/aromatic N) is 2. The van der Waals surface area contributed by atoms with Crippen LogP contribution in [0.4, 0.5) is 10.3 Å². The summed E-state index contributed by atoms with van der Waals surface area (Å²) >= 11 is 13.3. The van der Waals surface area contributed by atoms with Gasteiger partial charge in [-0.2, -0.15) is 0 Å². The third-order valence-electron chi connectivity index (χ3n) is 5.76. The second-order valence-electron chi connectivity index (χ2n) is 8.90. The number of benzene rings is 1. The van der Waals surface area contributed by atoms with Gasteiger partial charge >= 0.3 is 0 Å². The zero-order valence-corrected chi connectivity index (χ0v) is 23.3. The molecule has 1 aromatic carbocycles. The van der Waals surface area contributed by atoms with Gasteiger partial charge in [-0.15, -0.1) is 10.2 Å². The van der Waals surface area contributed by atoms with Gasteiger partial charge in [0.05, 0.1) is 10.0 Å². The number of unbranched alkanes of at least 4 members (excludes halogenated alkanes) is 11. The number of allylic oxidation sites excluding steroid dienone is 2. The number of aromatic nitrogens is 2. The maximum absolute atomic E-state index is 12.2. The maximum Gasteiger partial charge on any atom is 0.226 e. The van der Waals surface area contributed by atoms with Crippen LogP contribution in [-0.4, -0.2) is 16.1 Å². The van der Waals surface area contributed by atoms with Gasteiger partial charge in [0.1, 0.15) is 0 Å². The van der Waals surface area contributed by atoms with Crippen LogP contribution in [0.3, 0.4) is 0 Å². The predicted octanol–water partition coefficient (Wildman–Crippen LogP) is 9.43. The van der Waals surface area contributed by atoms with E-state index in [-0.39, 0.29) is 5.91 Å². The van der Waals surface area contributed by atoms with Crippen molar-refractivity contribution in [1.82, 2.24) is 10.2 Å². The van der Waals surface area contributed by atoms with Crippen molar-refractivity contribution in [3.63, 3.8) is 0 Å². The van der Waals surface area contributed by atoms with Gasteiger partial charge in [-0.1, -0.05) is 111 Å². The summed E-state index contributed by atoms with van der Waals surface area (Å²) < 4.78 is 0. The molecule has 0 radical (unpaired) electrons. The summed E-state index contributed by atoms with van der Waals surface area (Å²) in [4.78, 5) is 12.2. The molecule has 0 saturated carbocycles. The third-order valence-corrected chi connectivity index (χ3v) is 7.30. The second kappa shape index (κ2) is 18.6. The minimum absolute atomic E-state index is 0.00481. The largest absolute Gasteiger partial charge is 0.356 e. The summed E-state index contributed by atoms with van der Waals surface area (Å²) in [5, 5.41) is 16.4. The van der Waals surface area contributed by atoms with E-state index in [9.17, 15) is 4.79 Å². The van der Waals surface area contributed by atoms with Crippen molar-refractivity contribution in [2.45, 2.75) is 103 Å². The van der Waals surface area contributed by atoms with E-state index in [1.807, 2.05) is 12.1 Å². The Balaban J connectivity index is 1.46. The topological polar surface area (TPSA) is 66.9 Å². The third kappa shape index (κ3) is 13.9. The monoisotopic (exact) mass is 538 g/mol. The smallest absolute Gasteiger partial charge is 0.226 e. The van der Waals surface area contributed by atoms with Crippen LogP contribution >= 0.6 is 34.5 Å². The van der Waals surface area contributed by atoms with Gasteiger partial charge in [-0.05, 0) is 49.8 Å². The Labute approximate surface area is 225 Å². The highest BCUT2D eigenvalue weighted by atomic mass is 35.5. The molecule has 194 valence electrons. The number of nitrogens with one attached hydrogen (secondary N) is 2. The predicted molar refractivity (Wildman–Crippen MR) is 152 cm³/mol. The summed E-state index contributed by atoms with van der Waals surface area (Å²) in [6.07, 6.45) is 21.4. The van der Waals surface area contributed by atoms with Crippen molar-refractivity contribution in [1.29, 1.82) is 0 Å². The van der Waals surface area contributed by atoms with Gasteiger partial charge in [0.25, 0.3) is 0 Å². The molecule has 1 heterocycles. The van der Waals surface area contributed by atoms with Crippen LogP contribution in [0.25, 0.3) is 0 Å². The molecular weight excluding hydrogens is 499 g/mol. The van der Waals surface area contributed by atoms with Crippen LogP contribution in [0.5, 0.6) is 0 Å². The number of hydrogen-bond acceptors (Lipinski definition) is 5. The van der Waals surface area contributed by atoms with Gasteiger partial charge < -0.3 is 10.6 Å². The van der Waals surface area contributed by atoms with Crippen LogP contribution in [0.1, 0.15) is 102 Å². The van der Waals surface area contributed by atoms with E-state index in [2.05, 4.69) is 39.9 Å². The number of carbonyl (C=O) groups is 1. The lowest BCUT2D eigenvalue weighted by atomic mass is 10.1. The first-order valence-electron chi connectivity index (χ1n) is 13.0. The van der Waals surface area contributed by atoms with Gasteiger partial charge in [0.2, 0.25) is 16.2 Å². The minimum Gasteiger partial charge on any atom is -0.356 e. The number of amides is 1. The molecular formula is C27H40Cl2N4OS. The molecule has 1 aromatic heterocycles. The van der Waals surface area contributed by atoms with E-state index in [0.717, 1.165) is 18.4 Å². The second-order valence-corrected chi connectivity index (χ2v) is 10.7. The highest BCUT2D eigenvalue weighted by Crippen LogP contribution is 2.24. The van der Waals surface area contributed by atoms with Gasteiger partial charge in [0, 0.05) is 13.0 Å². The quantitative estimate of drug-likeness (QED) is 0.138. The molecule has 2 aromatic rings. The van der Waals surface area contributed by atoms with Gasteiger partial charge in [0.15, 0.2) is 0 Å². The molecule has 0 aliphatic heterocycles. The van der Waals surface area contributed by atoms with E-state index < -0.39 is 0 Å². The molecule has 0 bridgehead atoms. The summed E-state index contributed by atoms with van der Waals surface area (Å²) in [5.41, 5.74) is 0.990. The number of halogens is 2. The first kappa shape index (κ1) is 29.6. The average molecular weight is 540 g/mol. The SMILES string of the molecule is CCCCCCCC/C=C/CCCCCCCC(=O)Nc1nnc(NCc2ccc(Cl)c(Cl)c2)s1.